The maximum Gasteiger partial charge on any atom is 0.435 e. The monoisotopic (exact) mass is 594 g/mol. The summed E-state index contributed by atoms with van der Waals surface area (Å²) < 4.78 is 68.6. The van der Waals surface area contributed by atoms with Crippen LogP contribution in [0.1, 0.15) is 35.0 Å². The van der Waals surface area contributed by atoms with Gasteiger partial charge in [-0.2, -0.15) is 18.3 Å². The third-order valence-electron chi connectivity index (χ3n) is 6.55. The Hall–Kier alpha value is -4.60. The van der Waals surface area contributed by atoms with Crippen LogP contribution < -0.4 is 16.4 Å². The Bertz CT molecular complexity index is 1570. The number of aryl methyl sites for hydroxylation is 1. The van der Waals surface area contributed by atoms with Crippen molar-refractivity contribution >= 4 is 29.5 Å². The molecule has 0 bridgehead atoms. The van der Waals surface area contributed by atoms with Gasteiger partial charge in [-0.25, -0.2) is 18.7 Å². The average molecular weight is 595 g/mol. The summed E-state index contributed by atoms with van der Waals surface area (Å²) >= 11 is 0. The number of amides is 1. The SMILES string of the molecule is CCc1cc(Nc2nccn3c(-c4cn(CC(F)F)nc4C(F)(F)F)cnc23)ccc1C(=O)NCC1CC1N.O=CO. The summed E-state index contributed by atoms with van der Waals surface area (Å²) in [5.41, 5.74) is 6.27. The molecule has 0 spiro atoms. The van der Waals surface area contributed by atoms with Crippen molar-refractivity contribution in [2.45, 2.75) is 45.0 Å². The Morgan fingerprint density at radius 1 is 1.29 bits per heavy atom. The molecule has 4 aromatic rings. The maximum absolute atomic E-state index is 13.7. The average Bonchev–Trinajstić information content (AvgIpc) is 3.27. The van der Waals surface area contributed by atoms with E-state index in [4.69, 9.17) is 15.6 Å². The number of rotatable bonds is 9. The van der Waals surface area contributed by atoms with Crippen molar-refractivity contribution in [1.29, 1.82) is 0 Å². The second-order valence-corrected chi connectivity index (χ2v) is 9.44. The van der Waals surface area contributed by atoms with Crippen LogP contribution in [0.3, 0.4) is 0 Å². The Kier molecular flexibility index (Phi) is 9.04. The zero-order valence-corrected chi connectivity index (χ0v) is 22.1. The van der Waals surface area contributed by atoms with Crippen molar-refractivity contribution in [3.05, 3.63) is 59.8 Å². The quantitative estimate of drug-likeness (QED) is 0.168. The number of hydrogen-bond acceptors (Lipinski definition) is 7. The first-order valence-corrected chi connectivity index (χ1v) is 12.7. The van der Waals surface area contributed by atoms with Gasteiger partial charge in [0.05, 0.1) is 17.5 Å². The largest absolute Gasteiger partial charge is 0.483 e. The predicted octanol–water partition coefficient (Wildman–Crippen LogP) is 3.96. The number of imidazole rings is 1. The predicted molar refractivity (Wildman–Crippen MR) is 141 cm³/mol. The van der Waals surface area contributed by atoms with Crippen molar-refractivity contribution in [3.8, 4) is 11.3 Å². The summed E-state index contributed by atoms with van der Waals surface area (Å²) in [6.45, 7) is 1.21. The summed E-state index contributed by atoms with van der Waals surface area (Å²) in [6.07, 6.45) is -1.33. The molecule has 224 valence electrons. The van der Waals surface area contributed by atoms with Crippen LogP contribution in [0, 0.1) is 5.92 Å². The van der Waals surface area contributed by atoms with Gasteiger partial charge >= 0.3 is 6.18 Å². The molecule has 5 N–H and O–H groups in total. The van der Waals surface area contributed by atoms with Crippen LogP contribution in [0.5, 0.6) is 0 Å². The number of carbonyl (C=O) groups is 2. The molecule has 2 atom stereocenters. The molecular formula is C26H27F5N8O3. The molecule has 3 aromatic heterocycles. The number of carbonyl (C=O) groups excluding carboxylic acids is 1. The fourth-order valence-electron chi connectivity index (χ4n) is 4.41. The van der Waals surface area contributed by atoms with Crippen LogP contribution in [0.25, 0.3) is 16.9 Å². The van der Waals surface area contributed by atoms with Gasteiger partial charge in [-0.3, -0.25) is 18.7 Å². The Morgan fingerprint density at radius 3 is 2.62 bits per heavy atom. The maximum atomic E-state index is 13.7. The van der Waals surface area contributed by atoms with Gasteiger partial charge in [0.15, 0.2) is 17.2 Å². The third-order valence-corrected chi connectivity index (χ3v) is 6.55. The molecule has 1 amide bonds. The molecule has 1 aliphatic carbocycles. The van der Waals surface area contributed by atoms with E-state index < -0.39 is 24.8 Å². The number of fused-ring (bicyclic) bond motifs is 1. The molecule has 11 nitrogen and oxygen atoms in total. The van der Waals surface area contributed by atoms with Crippen molar-refractivity contribution in [1.82, 2.24) is 29.5 Å². The van der Waals surface area contributed by atoms with Crippen LogP contribution in [-0.2, 0) is 23.9 Å². The highest BCUT2D eigenvalue weighted by molar-refractivity contribution is 5.96. The van der Waals surface area contributed by atoms with Crippen molar-refractivity contribution < 1.29 is 36.6 Å². The molecule has 1 aliphatic rings. The first-order valence-electron chi connectivity index (χ1n) is 12.7. The van der Waals surface area contributed by atoms with E-state index in [1.807, 2.05) is 6.92 Å². The number of hydrogen-bond donors (Lipinski definition) is 4. The molecule has 1 aromatic carbocycles. The van der Waals surface area contributed by atoms with E-state index in [1.54, 1.807) is 18.2 Å². The zero-order chi connectivity index (χ0) is 30.6. The van der Waals surface area contributed by atoms with Gasteiger partial charge in [-0.1, -0.05) is 6.92 Å². The van der Waals surface area contributed by atoms with E-state index in [0.29, 0.717) is 34.8 Å². The summed E-state index contributed by atoms with van der Waals surface area (Å²) in [4.78, 5) is 29.5. The fraction of sp³-hybridized carbons (Fsp3) is 0.346. The number of aromatic nitrogens is 5. The molecule has 42 heavy (non-hydrogen) atoms. The van der Waals surface area contributed by atoms with Crippen LogP contribution in [-0.4, -0.2) is 60.6 Å². The fourth-order valence-corrected chi connectivity index (χ4v) is 4.41. The smallest absolute Gasteiger partial charge is 0.435 e. The highest BCUT2D eigenvalue weighted by atomic mass is 19.4. The minimum Gasteiger partial charge on any atom is -0.483 e. The first kappa shape index (κ1) is 30.4. The molecule has 3 heterocycles. The molecule has 1 fully saturated rings. The van der Waals surface area contributed by atoms with E-state index in [2.05, 4.69) is 25.7 Å². The van der Waals surface area contributed by atoms with E-state index in [0.717, 1.165) is 18.2 Å². The zero-order valence-electron chi connectivity index (χ0n) is 22.1. The number of halogens is 5. The second kappa shape index (κ2) is 12.5. The second-order valence-electron chi connectivity index (χ2n) is 9.44. The van der Waals surface area contributed by atoms with E-state index in [-0.39, 0.29) is 41.1 Å². The van der Waals surface area contributed by atoms with Gasteiger partial charge in [0.2, 0.25) is 0 Å². The lowest BCUT2D eigenvalue weighted by Gasteiger charge is -2.13. The van der Waals surface area contributed by atoms with Crippen molar-refractivity contribution in [2.75, 3.05) is 11.9 Å². The summed E-state index contributed by atoms with van der Waals surface area (Å²) in [6, 6.07) is 5.31. The minimum absolute atomic E-state index is 0.0138. The number of carboxylic acid groups (broad SMARTS) is 1. The number of nitrogens with zero attached hydrogens (tertiary/aromatic N) is 5. The number of nitrogens with one attached hydrogen (secondary N) is 2. The lowest BCUT2D eigenvalue weighted by molar-refractivity contribution is -0.141. The molecular weight excluding hydrogens is 567 g/mol. The van der Waals surface area contributed by atoms with Crippen LogP contribution in [0.2, 0.25) is 0 Å². The van der Waals surface area contributed by atoms with E-state index in [9.17, 15) is 26.7 Å². The molecule has 0 aliphatic heterocycles. The van der Waals surface area contributed by atoms with Crippen LogP contribution in [0.4, 0.5) is 33.5 Å². The lowest BCUT2D eigenvalue weighted by Crippen LogP contribution is -2.28. The number of alkyl halides is 5. The Labute approximate surface area is 235 Å². The van der Waals surface area contributed by atoms with Crippen LogP contribution >= 0.6 is 0 Å². The Balaban J connectivity index is 0.00000129. The van der Waals surface area contributed by atoms with Crippen molar-refractivity contribution in [3.63, 3.8) is 0 Å². The van der Waals surface area contributed by atoms with E-state index >= 15 is 0 Å². The van der Waals surface area contributed by atoms with Gasteiger partial charge in [-0.05, 0) is 42.5 Å². The van der Waals surface area contributed by atoms with Crippen molar-refractivity contribution in [2.24, 2.45) is 11.7 Å². The first-order chi connectivity index (χ1) is 20.0. The van der Waals surface area contributed by atoms with Gasteiger partial charge in [0, 0.05) is 42.4 Å². The molecule has 1 saturated carbocycles. The highest BCUT2D eigenvalue weighted by Gasteiger charge is 2.38. The molecule has 0 radical (unpaired) electrons. The van der Waals surface area contributed by atoms with E-state index in [1.165, 1.54) is 23.0 Å². The standard InChI is InChI=1S/C25H25F5N8O.CH2O2/c1-2-13-7-15(3-4-16(13)24(39)34-9-14-8-18(14)31)35-22-23-33-10-19(38(23)6-5-32-22)17-11-37(12-20(26)27)36-21(17)25(28,29)30;2-1-3/h3-7,10-11,14,18,20H,2,8-9,12,31H2,1H3,(H,32,35)(H,34,39);1H,(H,2,3). The van der Waals surface area contributed by atoms with Gasteiger partial charge in [-0.15, -0.1) is 0 Å². The summed E-state index contributed by atoms with van der Waals surface area (Å²) in [7, 11) is 0. The van der Waals surface area contributed by atoms with Gasteiger partial charge in [0.25, 0.3) is 18.8 Å². The number of benzene rings is 1. The molecule has 16 heteroatoms. The Morgan fingerprint density at radius 2 is 2.00 bits per heavy atom. The van der Waals surface area contributed by atoms with Crippen LogP contribution in [0.15, 0.2) is 43.0 Å². The normalized spacial score (nSPS) is 16.2. The third kappa shape index (κ3) is 6.82. The lowest BCUT2D eigenvalue weighted by atomic mass is 10.0. The van der Waals surface area contributed by atoms with Gasteiger partial charge in [0.1, 0.15) is 6.54 Å². The molecule has 2 unspecified atom stereocenters. The highest BCUT2D eigenvalue weighted by Crippen LogP contribution is 2.37. The van der Waals surface area contributed by atoms with Gasteiger partial charge < -0.3 is 21.5 Å². The minimum atomic E-state index is -4.86. The number of nitrogens with two attached hydrogens (primary N) is 1. The number of anilines is 2. The summed E-state index contributed by atoms with van der Waals surface area (Å²) in [5.74, 6) is 0.361. The molecule has 5 rings (SSSR count). The topological polar surface area (TPSA) is 152 Å². The molecule has 0 saturated heterocycles. The summed E-state index contributed by atoms with van der Waals surface area (Å²) in [5, 5.41) is 16.3.